The Labute approximate surface area is 179 Å². The van der Waals surface area contributed by atoms with Gasteiger partial charge in [-0.15, -0.1) is 0 Å². The maximum absolute atomic E-state index is 6.71. The fourth-order valence-corrected chi connectivity index (χ4v) is 6.69. The van der Waals surface area contributed by atoms with Gasteiger partial charge in [-0.25, -0.2) is 0 Å². The molecular weight excluding hydrogens is 372 g/mol. The molecule has 158 valence electrons. The first-order valence-corrected chi connectivity index (χ1v) is 13.2. The average Bonchev–Trinajstić information content (AvgIpc) is 2.78. The second-order valence-corrected chi connectivity index (χ2v) is 10.4. The number of allylic oxidation sites excluding steroid dienone is 1. The second-order valence-electron chi connectivity index (χ2n) is 7.48. The van der Waals surface area contributed by atoms with Gasteiger partial charge in [0, 0.05) is 13.2 Å². The number of unbranched alkanes of at least 4 members (excludes halogenated alkanes) is 5. The Kier molecular flexibility index (Phi) is 11.7. The van der Waals surface area contributed by atoms with Gasteiger partial charge in [-0.05, 0) is 29.6 Å². The summed E-state index contributed by atoms with van der Waals surface area (Å²) in [5.74, 6) is 0. The van der Waals surface area contributed by atoms with Crippen molar-refractivity contribution in [2.24, 2.45) is 0 Å². The third kappa shape index (κ3) is 7.92. The zero-order valence-corrected chi connectivity index (χ0v) is 19.3. The molecule has 0 aromatic heterocycles. The van der Waals surface area contributed by atoms with Gasteiger partial charge in [0.05, 0.1) is 0 Å². The summed E-state index contributed by atoms with van der Waals surface area (Å²) in [7, 11) is -2.72. The first-order chi connectivity index (χ1) is 14.3. The highest BCUT2D eigenvalue weighted by Crippen LogP contribution is 2.13. The van der Waals surface area contributed by atoms with Crippen LogP contribution in [0.3, 0.4) is 0 Å². The summed E-state index contributed by atoms with van der Waals surface area (Å²) >= 11 is 0. The van der Waals surface area contributed by atoms with Crippen LogP contribution < -0.4 is 10.4 Å². The van der Waals surface area contributed by atoms with Crippen molar-refractivity contribution in [1.29, 1.82) is 0 Å². The molecule has 2 nitrogen and oxygen atoms in total. The summed E-state index contributed by atoms with van der Waals surface area (Å²) < 4.78 is 13.4. The van der Waals surface area contributed by atoms with Gasteiger partial charge in [-0.1, -0.05) is 119 Å². The molecule has 2 aromatic carbocycles. The molecule has 0 saturated carbocycles. The summed E-state index contributed by atoms with van der Waals surface area (Å²) in [5.41, 5.74) is 0. The fraction of sp³-hybridized carbons (Fsp3) is 0.462. The Morgan fingerprint density at radius 2 is 1.21 bits per heavy atom. The third-order valence-corrected chi connectivity index (χ3v) is 8.51. The van der Waals surface area contributed by atoms with Crippen LogP contribution in [0.1, 0.15) is 65.2 Å². The van der Waals surface area contributed by atoms with E-state index in [0.29, 0.717) is 6.61 Å². The average molecular weight is 411 g/mol. The summed E-state index contributed by atoms with van der Waals surface area (Å²) in [6.07, 6.45) is 14.0. The summed E-state index contributed by atoms with van der Waals surface area (Å²) in [5, 5.41) is 2.38. The molecule has 0 radical (unpaired) electrons. The van der Waals surface area contributed by atoms with Gasteiger partial charge in [0.25, 0.3) is 0 Å². The van der Waals surface area contributed by atoms with Crippen LogP contribution in [0.25, 0.3) is 0 Å². The molecule has 0 spiro atoms. The predicted molar refractivity (Wildman–Crippen MR) is 127 cm³/mol. The highest BCUT2D eigenvalue weighted by molar-refractivity contribution is 6.92. The molecule has 0 fully saturated rings. The number of rotatable bonds is 15. The number of benzene rings is 2. The molecule has 0 amide bonds. The van der Waals surface area contributed by atoms with Crippen molar-refractivity contribution in [2.75, 3.05) is 13.2 Å². The number of hydrogen-bond donors (Lipinski definition) is 0. The van der Waals surface area contributed by atoms with E-state index in [1.165, 1.54) is 42.5 Å². The van der Waals surface area contributed by atoms with Gasteiger partial charge in [0.2, 0.25) is 0 Å². The summed E-state index contributed by atoms with van der Waals surface area (Å²) in [4.78, 5) is 0. The minimum absolute atomic E-state index is 0.684. The number of hydrogen-bond acceptors (Lipinski definition) is 2. The highest BCUT2D eigenvalue weighted by Gasteiger charge is 2.42. The van der Waals surface area contributed by atoms with Gasteiger partial charge in [0.1, 0.15) is 0 Å². The first kappa shape index (κ1) is 23.6. The zero-order chi connectivity index (χ0) is 20.6. The van der Waals surface area contributed by atoms with Crippen molar-refractivity contribution in [3.05, 3.63) is 72.8 Å². The van der Waals surface area contributed by atoms with E-state index in [4.69, 9.17) is 8.85 Å². The smallest absolute Gasteiger partial charge is 0.388 e. The van der Waals surface area contributed by atoms with Crippen molar-refractivity contribution >= 4 is 18.9 Å². The Morgan fingerprint density at radius 1 is 0.655 bits per heavy atom. The topological polar surface area (TPSA) is 18.5 Å². The highest BCUT2D eigenvalue weighted by atomic mass is 28.4. The van der Waals surface area contributed by atoms with E-state index < -0.39 is 8.56 Å². The van der Waals surface area contributed by atoms with Gasteiger partial charge in [0.15, 0.2) is 0 Å². The Hall–Kier alpha value is -1.68. The Bertz CT molecular complexity index is 630. The lowest BCUT2D eigenvalue weighted by Gasteiger charge is -2.31. The van der Waals surface area contributed by atoms with Crippen molar-refractivity contribution in [3.8, 4) is 0 Å². The minimum atomic E-state index is -2.72. The lowest BCUT2D eigenvalue weighted by atomic mass is 10.1. The molecule has 0 aliphatic carbocycles. The van der Waals surface area contributed by atoms with Gasteiger partial charge >= 0.3 is 8.56 Å². The maximum Gasteiger partial charge on any atom is 0.407 e. The molecular formula is C26H38O2Si. The molecule has 29 heavy (non-hydrogen) atoms. The predicted octanol–water partition coefficient (Wildman–Crippen LogP) is 5.99. The quantitative estimate of drug-likeness (QED) is 0.204. The zero-order valence-electron chi connectivity index (χ0n) is 18.3. The van der Waals surface area contributed by atoms with Crippen LogP contribution >= 0.6 is 0 Å². The van der Waals surface area contributed by atoms with Crippen LogP contribution in [0.15, 0.2) is 72.8 Å². The molecule has 0 atom stereocenters. The van der Waals surface area contributed by atoms with E-state index in [1.807, 2.05) is 0 Å². The van der Waals surface area contributed by atoms with Crippen molar-refractivity contribution in [2.45, 2.75) is 65.2 Å². The molecule has 2 rings (SSSR count). The van der Waals surface area contributed by atoms with E-state index in [9.17, 15) is 0 Å². The van der Waals surface area contributed by atoms with Crippen LogP contribution in [0.2, 0.25) is 0 Å². The Balaban J connectivity index is 2.15. The van der Waals surface area contributed by atoms with E-state index >= 15 is 0 Å². The van der Waals surface area contributed by atoms with Crippen LogP contribution in [0, 0.1) is 0 Å². The maximum atomic E-state index is 6.71. The molecule has 2 aromatic rings. The lowest BCUT2D eigenvalue weighted by molar-refractivity contribution is 0.190. The monoisotopic (exact) mass is 410 g/mol. The molecule has 0 unspecified atom stereocenters. The van der Waals surface area contributed by atoms with Crippen molar-refractivity contribution in [3.63, 3.8) is 0 Å². The van der Waals surface area contributed by atoms with Crippen LogP contribution in [-0.2, 0) is 8.85 Å². The Morgan fingerprint density at radius 3 is 1.79 bits per heavy atom. The molecule has 0 aliphatic heterocycles. The van der Waals surface area contributed by atoms with E-state index in [-0.39, 0.29) is 0 Å². The van der Waals surface area contributed by atoms with Crippen molar-refractivity contribution in [1.82, 2.24) is 0 Å². The molecule has 0 saturated heterocycles. The molecule has 0 N–H and O–H groups in total. The third-order valence-electron chi connectivity index (χ3n) is 5.10. The molecule has 3 heteroatoms. The molecule has 0 aliphatic rings. The first-order valence-electron chi connectivity index (χ1n) is 11.4. The fourth-order valence-electron chi connectivity index (χ4n) is 3.51. The van der Waals surface area contributed by atoms with Gasteiger partial charge < -0.3 is 8.85 Å². The summed E-state index contributed by atoms with van der Waals surface area (Å²) in [6.45, 7) is 5.86. The normalized spacial score (nSPS) is 11.9. The largest absolute Gasteiger partial charge is 0.407 e. The van der Waals surface area contributed by atoms with Gasteiger partial charge in [-0.3, -0.25) is 0 Å². The van der Waals surface area contributed by atoms with E-state index in [1.54, 1.807) is 0 Å². The van der Waals surface area contributed by atoms with Crippen molar-refractivity contribution < 1.29 is 8.85 Å². The summed E-state index contributed by atoms with van der Waals surface area (Å²) in [6, 6.07) is 21.2. The minimum Gasteiger partial charge on any atom is -0.388 e. The molecule has 0 bridgehead atoms. The van der Waals surface area contributed by atoms with Crippen LogP contribution in [0.5, 0.6) is 0 Å². The van der Waals surface area contributed by atoms with E-state index in [0.717, 1.165) is 25.9 Å². The SMILES string of the molecule is CC/C=C\CCO[Si](OCCCCCCCC)(c1ccccc1)c1ccccc1. The lowest BCUT2D eigenvalue weighted by Crippen LogP contribution is -2.63. The van der Waals surface area contributed by atoms with Crippen LogP contribution in [0.4, 0.5) is 0 Å². The van der Waals surface area contributed by atoms with Crippen LogP contribution in [-0.4, -0.2) is 21.8 Å². The van der Waals surface area contributed by atoms with Gasteiger partial charge in [-0.2, -0.15) is 0 Å². The second kappa shape index (κ2) is 14.3. The van der Waals surface area contributed by atoms with E-state index in [2.05, 4.69) is 86.7 Å². The standard InChI is InChI=1S/C26H38O2Si/c1-3-5-7-9-10-18-24-28-29(25-19-13-11-14-20-25,26-21-15-12-16-22-26)27-23-17-8-6-4-2/h6,8,11-16,19-22H,3-5,7,9-10,17-18,23-24H2,1-2H3/b8-6-. The molecule has 0 heterocycles.